The van der Waals surface area contributed by atoms with Crippen molar-refractivity contribution in [1.82, 2.24) is 4.98 Å². The van der Waals surface area contributed by atoms with Crippen LogP contribution < -0.4 is 9.88 Å². The largest absolute Gasteiger partial charge is 0.475 e. The number of halogens is 2. The fourth-order valence-electron chi connectivity index (χ4n) is 4.09. The lowest BCUT2D eigenvalue weighted by Crippen LogP contribution is -2.24. The zero-order valence-corrected chi connectivity index (χ0v) is 18.9. The highest BCUT2D eigenvalue weighted by Gasteiger charge is 2.33. The first-order chi connectivity index (χ1) is 13.6. The highest BCUT2D eigenvalue weighted by atomic mass is 35.5. The molecule has 1 aliphatic carbocycles. The van der Waals surface area contributed by atoms with Crippen molar-refractivity contribution in [3.63, 3.8) is 0 Å². The molecule has 3 rings (SSSR count). The Kier molecular flexibility index (Phi) is 7.10. The van der Waals surface area contributed by atoms with Crippen molar-refractivity contribution in [1.29, 1.82) is 0 Å². The molecule has 29 heavy (non-hydrogen) atoms. The van der Waals surface area contributed by atoms with E-state index in [0.717, 1.165) is 31.2 Å². The van der Waals surface area contributed by atoms with Gasteiger partial charge in [0.1, 0.15) is 4.90 Å². The molecular weight excluding hydrogens is 431 g/mol. The zero-order chi connectivity index (χ0) is 21.2. The first-order valence-electron chi connectivity index (χ1n) is 9.81. The predicted molar refractivity (Wildman–Crippen MR) is 116 cm³/mol. The molecule has 0 saturated heterocycles. The van der Waals surface area contributed by atoms with E-state index in [1.165, 1.54) is 12.5 Å². The number of benzene rings is 1. The minimum absolute atomic E-state index is 0.0141. The molecule has 1 aromatic carbocycles. The zero-order valence-electron chi connectivity index (χ0n) is 16.6. The normalized spacial score (nSPS) is 16.8. The van der Waals surface area contributed by atoms with Gasteiger partial charge in [-0.2, -0.15) is 0 Å². The van der Waals surface area contributed by atoms with Gasteiger partial charge in [-0.05, 0) is 62.4 Å². The van der Waals surface area contributed by atoms with Gasteiger partial charge in [-0.1, -0.05) is 42.5 Å². The lowest BCUT2D eigenvalue weighted by Gasteiger charge is -2.31. The topological polar surface area (TPSA) is 82.3 Å². The van der Waals surface area contributed by atoms with Crippen LogP contribution in [0.3, 0.4) is 0 Å². The van der Waals surface area contributed by atoms with Gasteiger partial charge in [0.15, 0.2) is 0 Å². The first-order valence-corrected chi connectivity index (χ1v) is 12.1. The van der Waals surface area contributed by atoms with Gasteiger partial charge in [0.05, 0.1) is 11.8 Å². The van der Waals surface area contributed by atoms with Crippen LogP contribution in [0.25, 0.3) is 0 Å². The number of nitrogens with zero attached hydrogens (tertiary/aromatic N) is 1. The van der Waals surface area contributed by atoms with Gasteiger partial charge in [0, 0.05) is 22.0 Å². The van der Waals surface area contributed by atoms with Gasteiger partial charge in [0.25, 0.3) is 0 Å². The minimum atomic E-state index is -3.97. The summed E-state index contributed by atoms with van der Waals surface area (Å²) in [5, 5.41) is 6.55. The van der Waals surface area contributed by atoms with E-state index in [1.807, 2.05) is 26.0 Å². The number of pyridine rings is 1. The van der Waals surface area contributed by atoms with E-state index in [4.69, 9.17) is 33.1 Å². The molecule has 1 unspecified atom stereocenters. The molecule has 1 aliphatic rings. The quantitative estimate of drug-likeness (QED) is 0.618. The van der Waals surface area contributed by atoms with Crippen LogP contribution >= 0.6 is 23.2 Å². The summed E-state index contributed by atoms with van der Waals surface area (Å²) in [4.78, 5) is 4.64. The molecule has 1 aromatic heterocycles. The van der Waals surface area contributed by atoms with Crippen molar-refractivity contribution >= 4 is 33.2 Å². The van der Waals surface area contributed by atoms with Gasteiger partial charge in [-0.15, -0.1) is 0 Å². The monoisotopic (exact) mass is 456 g/mol. The Morgan fingerprint density at radius 3 is 2.24 bits per heavy atom. The number of hydrogen-bond acceptors (Lipinski definition) is 4. The molecule has 8 heteroatoms. The standard InChI is InChI=1S/C21H26Cl2N2O3S/c1-13(2)28-19-9-8-18(29(24,26)27)21(25-19)20(14-6-4-3-5-7-14)15-10-16(22)12-17(23)11-15/h8-14,20H,3-7H2,1-2H3,(H2,24,26,27). The van der Waals surface area contributed by atoms with Crippen LogP contribution in [0.2, 0.25) is 10.0 Å². The molecule has 0 amide bonds. The molecular formula is C21H26Cl2N2O3S. The lowest BCUT2D eigenvalue weighted by atomic mass is 9.75. The SMILES string of the molecule is CC(C)Oc1ccc(S(N)(=O)=O)c(C(c2cc(Cl)cc(Cl)c2)C2CCCCC2)n1. The molecule has 1 atom stereocenters. The molecule has 0 bridgehead atoms. The number of primary sulfonamides is 1. The highest BCUT2D eigenvalue weighted by Crippen LogP contribution is 2.43. The van der Waals surface area contributed by atoms with Gasteiger partial charge < -0.3 is 4.74 Å². The first kappa shape index (κ1) is 22.3. The van der Waals surface area contributed by atoms with Crippen LogP contribution in [-0.4, -0.2) is 19.5 Å². The molecule has 0 spiro atoms. The minimum Gasteiger partial charge on any atom is -0.475 e. The van der Waals surface area contributed by atoms with Gasteiger partial charge in [0.2, 0.25) is 15.9 Å². The maximum Gasteiger partial charge on any atom is 0.239 e. The number of rotatable bonds is 6. The Hall–Kier alpha value is -1.34. The molecule has 1 saturated carbocycles. The summed E-state index contributed by atoms with van der Waals surface area (Å²) >= 11 is 12.6. The van der Waals surface area contributed by atoms with Crippen LogP contribution in [0.15, 0.2) is 35.2 Å². The average molecular weight is 457 g/mol. The van der Waals surface area contributed by atoms with E-state index in [1.54, 1.807) is 12.1 Å². The predicted octanol–water partition coefficient (Wildman–Crippen LogP) is 5.54. The fraction of sp³-hybridized carbons (Fsp3) is 0.476. The third kappa shape index (κ3) is 5.63. The Bertz CT molecular complexity index is 954. The van der Waals surface area contributed by atoms with Crippen LogP contribution in [0, 0.1) is 5.92 Å². The molecule has 0 aliphatic heterocycles. The van der Waals surface area contributed by atoms with Crippen molar-refractivity contribution in [3.05, 3.63) is 51.6 Å². The Labute approximate surface area is 182 Å². The lowest BCUT2D eigenvalue weighted by molar-refractivity contribution is 0.230. The summed E-state index contributed by atoms with van der Waals surface area (Å²) in [6.45, 7) is 3.79. The molecule has 2 aromatic rings. The molecule has 2 N–H and O–H groups in total. The second kappa shape index (κ2) is 9.21. The third-order valence-electron chi connectivity index (χ3n) is 5.18. The van der Waals surface area contributed by atoms with E-state index in [-0.39, 0.29) is 22.8 Å². The van der Waals surface area contributed by atoms with Crippen molar-refractivity contribution < 1.29 is 13.2 Å². The third-order valence-corrected chi connectivity index (χ3v) is 6.58. The number of aromatic nitrogens is 1. The second-order valence-corrected chi connectivity index (χ2v) is 10.2. The Morgan fingerprint density at radius 1 is 1.07 bits per heavy atom. The highest BCUT2D eigenvalue weighted by molar-refractivity contribution is 7.89. The summed E-state index contributed by atoms with van der Waals surface area (Å²) in [6.07, 6.45) is 5.19. The maximum atomic E-state index is 12.4. The second-order valence-electron chi connectivity index (χ2n) is 7.82. The van der Waals surface area contributed by atoms with Crippen LogP contribution in [-0.2, 0) is 10.0 Å². The van der Waals surface area contributed by atoms with E-state index >= 15 is 0 Å². The van der Waals surface area contributed by atoms with Crippen molar-refractivity contribution in [2.75, 3.05) is 0 Å². The Balaban J connectivity index is 2.22. The van der Waals surface area contributed by atoms with E-state index in [9.17, 15) is 8.42 Å². The molecule has 0 radical (unpaired) electrons. The number of sulfonamides is 1. The van der Waals surface area contributed by atoms with Crippen LogP contribution in [0.1, 0.15) is 63.1 Å². The van der Waals surface area contributed by atoms with E-state index < -0.39 is 10.0 Å². The van der Waals surface area contributed by atoms with Crippen molar-refractivity contribution in [2.45, 2.75) is 62.9 Å². The van der Waals surface area contributed by atoms with Crippen LogP contribution in [0.5, 0.6) is 5.88 Å². The average Bonchev–Trinajstić information content (AvgIpc) is 2.61. The summed E-state index contributed by atoms with van der Waals surface area (Å²) in [7, 11) is -3.97. The smallest absolute Gasteiger partial charge is 0.239 e. The molecule has 5 nitrogen and oxygen atoms in total. The number of ether oxygens (including phenoxy) is 1. The van der Waals surface area contributed by atoms with Crippen molar-refractivity contribution in [3.8, 4) is 5.88 Å². The molecule has 158 valence electrons. The van der Waals surface area contributed by atoms with Crippen LogP contribution in [0.4, 0.5) is 0 Å². The maximum absolute atomic E-state index is 12.4. The number of hydrogen-bond donors (Lipinski definition) is 1. The van der Waals surface area contributed by atoms with E-state index in [0.29, 0.717) is 21.6 Å². The van der Waals surface area contributed by atoms with Gasteiger partial charge in [-0.25, -0.2) is 18.5 Å². The van der Waals surface area contributed by atoms with E-state index in [2.05, 4.69) is 4.98 Å². The summed E-state index contributed by atoms with van der Waals surface area (Å²) in [5.74, 6) is 0.285. The number of nitrogens with two attached hydrogens (primary N) is 1. The summed E-state index contributed by atoms with van der Waals surface area (Å²) in [6, 6.07) is 8.36. The summed E-state index contributed by atoms with van der Waals surface area (Å²) in [5.41, 5.74) is 1.24. The summed E-state index contributed by atoms with van der Waals surface area (Å²) < 4.78 is 30.5. The van der Waals surface area contributed by atoms with Gasteiger partial charge >= 0.3 is 0 Å². The molecule has 1 fully saturated rings. The van der Waals surface area contributed by atoms with Crippen molar-refractivity contribution in [2.24, 2.45) is 11.1 Å². The molecule has 1 heterocycles. The Morgan fingerprint density at radius 2 is 1.69 bits per heavy atom. The van der Waals surface area contributed by atoms with Gasteiger partial charge in [-0.3, -0.25) is 0 Å². The fourth-order valence-corrected chi connectivity index (χ4v) is 5.35.